The molecule has 0 saturated carbocycles. The minimum atomic E-state index is -4.35. The van der Waals surface area contributed by atoms with Gasteiger partial charge in [0.1, 0.15) is 12.1 Å². The van der Waals surface area contributed by atoms with Crippen molar-refractivity contribution in [2.75, 3.05) is 0 Å². The predicted octanol–water partition coefficient (Wildman–Crippen LogP) is 10.3. The van der Waals surface area contributed by atoms with E-state index in [9.17, 15) is 23.1 Å². The fraction of sp³-hybridized carbons (Fsp3) is 0.417. The first-order chi connectivity index (χ1) is 20.9. The van der Waals surface area contributed by atoms with E-state index in [4.69, 9.17) is 4.74 Å². The Bertz CT molecular complexity index is 1680. The number of fused-ring (bicyclic) bond motifs is 3. The van der Waals surface area contributed by atoms with Crippen LogP contribution in [-0.4, -0.2) is 27.0 Å². The Balaban J connectivity index is 0.000000260. The van der Waals surface area contributed by atoms with Crippen molar-refractivity contribution in [3.05, 3.63) is 71.8 Å². The molecule has 2 heterocycles. The maximum atomic E-state index is 12.2. The molecule has 5 rings (SSSR count). The SMILES string of the molecule is CCC(CC(F)(F)F)C(=O)/C=C(\O)C(CC)CC.Cc1c2c([c-]c3ccccc13)-c1ncnc3cc(CC(C)C)cc(c13)O2.[Ir]. The Morgan fingerprint density at radius 3 is 2.33 bits per heavy atom. The number of ketones is 1. The molecule has 9 heteroatoms. The standard InChI is InChI=1S/C23H19N2O.C13H21F3O2.Ir/c1-13(2)8-15-9-19-21-20(10-15)26-23-14(3)17-7-5-4-6-16(17)11-18(23)22(21)25-12-24-19;1-4-9(5-2)11(17)7-12(18)10(6-3)8-13(14,15)16;/h4-7,9-10,12-13H,8H2,1-3H3;7,9-10,17H,4-6,8H2,1-3H3;/q-1;;/b;11-7-;. The van der Waals surface area contributed by atoms with Gasteiger partial charge in [0.25, 0.3) is 0 Å². The molecule has 1 aliphatic rings. The number of allylic oxidation sites excluding steroid dienone is 2. The summed E-state index contributed by atoms with van der Waals surface area (Å²) in [5, 5.41) is 12.9. The number of carbonyl (C=O) groups is 1. The smallest absolute Gasteiger partial charge is 0.389 e. The molecular formula is C36H40F3IrN2O3-. The second-order valence-corrected chi connectivity index (χ2v) is 11.8. The first kappa shape index (κ1) is 36.2. The van der Waals surface area contributed by atoms with Crippen molar-refractivity contribution >= 4 is 27.5 Å². The fourth-order valence-corrected chi connectivity index (χ4v) is 5.71. The van der Waals surface area contributed by atoms with Gasteiger partial charge in [-0.2, -0.15) is 13.2 Å². The van der Waals surface area contributed by atoms with Crippen molar-refractivity contribution in [2.24, 2.45) is 17.8 Å². The summed E-state index contributed by atoms with van der Waals surface area (Å²) in [7, 11) is 0. The zero-order valence-electron chi connectivity index (χ0n) is 26.5. The molecule has 1 N–H and O–H groups in total. The van der Waals surface area contributed by atoms with E-state index in [0.717, 1.165) is 57.1 Å². The molecule has 0 amide bonds. The molecule has 0 aliphatic carbocycles. The third-order valence-electron chi connectivity index (χ3n) is 8.08. The summed E-state index contributed by atoms with van der Waals surface area (Å²) in [6.45, 7) is 11.8. The normalized spacial score (nSPS) is 13.2. The van der Waals surface area contributed by atoms with Crippen molar-refractivity contribution in [3.8, 4) is 22.8 Å². The van der Waals surface area contributed by atoms with Crippen LogP contribution in [0, 0.1) is 30.7 Å². The number of ether oxygens (including phenoxy) is 1. The van der Waals surface area contributed by atoms with Crippen LogP contribution in [0.1, 0.15) is 71.4 Å². The van der Waals surface area contributed by atoms with Crippen molar-refractivity contribution in [1.29, 1.82) is 0 Å². The van der Waals surface area contributed by atoms with Crippen LogP contribution in [0.5, 0.6) is 11.5 Å². The zero-order valence-corrected chi connectivity index (χ0v) is 28.9. The van der Waals surface area contributed by atoms with E-state index in [1.165, 1.54) is 17.9 Å². The Kier molecular flexibility index (Phi) is 12.3. The van der Waals surface area contributed by atoms with Crippen LogP contribution in [0.4, 0.5) is 13.2 Å². The van der Waals surface area contributed by atoms with Gasteiger partial charge in [0, 0.05) is 49.1 Å². The number of carbonyl (C=O) groups excluding carboxylic acids is 1. The molecule has 0 fully saturated rings. The summed E-state index contributed by atoms with van der Waals surface area (Å²) in [5.74, 6) is 0.297. The topological polar surface area (TPSA) is 72.3 Å². The molecule has 0 spiro atoms. The average Bonchev–Trinajstić information content (AvgIpc) is 2.97. The molecule has 3 aromatic carbocycles. The molecule has 4 aromatic rings. The van der Waals surface area contributed by atoms with Gasteiger partial charge >= 0.3 is 6.18 Å². The molecule has 45 heavy (non-hydrogen) atoms. The number of hydrogen-bond donors (Lipinski definition) is 1. The summed E-state index contributed by atoms with van der Waals surface area (Å²) >= 11 is 0. The maximum absolute atomic E-state index is 12.2. The van der Waals surface area contributed by atoms with E-state index < -0.39 is 24.3 Å². The van der Waals surface area contributed by atoms with Crippen LogP contribution < -0.4 is 4.74 Å². The van der Waals surface area contributed by atoms with Crippen LogP contribution >= 0.6 is 0 Å². The molecule has 1 radical (unpaired) electrons. The molecule has 1 aliphatic heterocycles. The van der Waals surface area contributed by atoms with E-state index in [2.05, 4.69) is 67.1 Å². The predicted molar refractivity (Wildman–Crippen MR) is 169 cm³/mol. The van der Waals surface area contributed by atoms with Crippen LogP contribution in [-0.2, 0) is 31.3 Å². The quantitative estimate of drug-likeness (QED) is 0.0914. The fourth-order valence-electron chi connectivity index (χ4n) is 5.71. The maximum Gasteiger partial charge on any atom is 0.389 e. The number of aliphatic hydroxyl groups is 1. The minimum Gasteiger partial charge on any atom is -0.512 e. The van der Waals surface area contributed by atoms with Crippen LogP contribution in [0.25, 0.3) is 32.9 Å². The number of benzene rings is 3. The number of aryl methyl sites for hydroxylation is 1. The van der Waals surface area contributed by atoms with E-state index in [0.29, 0.717) is 18.8 Å². The van der Waals surface area contributed by atoms with E-state index in [1.807, 2.05) is 19.9 Å². The molecule has 0 bridgehead atoms. The second kappa shape index (κ2) is 15.3. The van der Waals surface area contributed by atoms with Gasteiger partial charge in [0.05, 0.1) is 23.4 Å². The largest absolute Gasteiger partial charge is 0.512 e. The number of nitrogens with zero attached hydrogens (tertiary/aromatic N) is 2. The van der Waals surface area contributed by atoms with E-state index >= 15 is 0 Å². The van der Waals surface area contributed by atoms with Crippen molar-refractivity contribution in [2.45, 2.75) is 79.8 Å². The van der Waals surface area contributed by atoms with Gasteiger partial charge in [-0.3, -0.25) is 9.78 Å². The monoisotopic (exact) mass is 798 g/mol. The molecule has 1 aromatic heterocycles. The van der Waals surface area contributed by atoms with Gasteiger partial charge in [-0.05, 0) is 56.2 Å². The Hall–Kier alpha value is -3.29. The van der Waals surface area contributed by atoms with Crippen LogP contribution in [0.2, 0.25) is 0 Å². The number of alkyl halides is 3. The van der Waals surface area contributed by atoms with Crippen molar-refractivity contribution in [1.82, 2.24) is 9.97 Å². The first-order valence-electron chi connectivity index (χ1n) is 15.3. The third-order valence-corrected chi connectivity index (χ3v) is 8.08. The third kappa shape index (κ3) is 8.50. The summed E-state index contributed by atoms with van der Waals surface area (Å²) in [4.78, 5) is 20.8. The van der Waals surface area contributed by atoms with Crippen LogP contribution in [0.3, 0.4) is 0 Å². The van der Waals surface area contributed by atoms with E-state index in [1.54, 1.807) is 6.33 Å². The Labute approximate surface area is 276 Å². The van der Waals surface area contributed by atoms with E-state index in [-0.39, 0.29) is 38.2 Å². The number of rotatable bonds is 9. The number of aromatic nitrogens is 2. The average molecular weight is 798 g/mol. The number of halogens is 3. The van der Waals surface area contributed by atoms with Gasteiger partial charge < -0.3 is 9.84 Å². The van der Waals surface area contributed by atoms with Gasteiger partial charge in [0.2, 0.25) is 0 Å². The van der Waals surface area contributed by atoms with Gasteiger partial charge in [-0.25, -0.2) is 4.98 Å². The Morgan fingerprint density at radius 2 is 1.71 bits per heavy atom. The van der Waals surface area contributed by atoms with Gasteiger partial charge in [-0.15, -0.1) is 17.5 Å². The van der Waals surface area contributed by atoms with Crippen molar-refractivity contribution in [3.63, 3.8) is 0 Å². The second-order valence-electron chi connectivity index (χ2n) is 11.8. The molecule has 0 saturated heterocycles. The summed E-state index contributed by atoms with van der Waals surface area (Å²) < 4.78 is 43.1. The van der Waals surface area contributed by atoms with Gasteiger partial charge in [-0.1, -0.05) is 69.3 Å². The number of hydrogen-bond acceptors (Lipinski definition) is 5. The molecule has 1 atom stereocenters. The first-order valence-corrected chi connectivity index (χ1v) is 15.3. The van der Waals surface area contributed by atoms with Crippen molar-refractivity contribution < 1.29 is 47.9 Å². The summed E-state index contributed by atoms with van der Waals surface area (Å²) in [6.07, 6.45) is -0.438. The summed E-state index contributed by atoms with van der Waals surface area (Å²) in [6, 6.07) is 16.1. The Morgan fingerprint density at radius 1 is 1.04 bits per heavy atom. The molecule has 243 valence electrons. The molecular weight excluding hydrogens is 758 g/mol. The minimum absolute atomic E-state index is 0. The van der Waals surface area contributed by atoms with Crippen LogP contribution in [0.15, 0.2) is 54.6 Å². The number of aliphatic hydroxyl groups excluding tert-OH is 1. The molecule has 1 unspecified atom stereocenters. The molecule has 5 nitrogen and oxygen atoms in total. The summed E-state index contributed by atoms with van der Waals surface area (Å²) in [5.41, 5.74) is 5.15. The van der Waals surface area contributed by atoms with Gasteiger partial charge in [0.15, 0.2) is 5.78 Å². The zero-order chi connectivity index (χ0) is 32.2.